The molecule has 0 bridgehead atoms. The summed E-state index contributed by atoms with van der Waals surface area (Å²) in [5.41, 5.74) is 1.30. The van der Waals surface area contributed by atoms with Crippen molar-refractivity contribution in [3.63, 3.8) is 0 Å². The lowest BCUT2D eigenvalue weighted by atomic mass is 10.1. The predicted octanol–water partition coefficient (Wildman–Crippen LogP) is 3.10. The van der Waals surface area contributed by atoms with Crippen LogP contribution in [0.3, 0.4) is 0 Å². The minimum atomic E-state index is 0.868. The van der Waals surface area contributed by atoms with Gasteiger partial charge in [-0.15, -0.1) is 11.3 Å². The third kappa shape index (κ3) is 6.32. The number of rotatable bonds is 8. The Morgan fingerprint density at radius 2 is 2.00 bits per heavy atom. The van der Waals surface area contributed by atoms with Gasteiger partial charge in [-0.2, -0.15) is 0 Å². The standard InChI is InChI=1S/C18H25N3OS/c1-19-18(21-12-10-17-9-5-13-23-17)20-11-4-7-15-6-3-8-16(14-15)22-2/h3,5-6,8-9,13-14H,4,7,10-12H2,1-2H3,(H2,19,20,21). The highest BCUT2D eigenvalue weighted by Gasteiger charge is 2.00. The molecule has 0 atom stereocenters. The van der Waals surface area contributed by atoms with Crippen LogP contribution in [0, 0.1) is 0 Å². The first-order chi connectivity index (χ1) is 11.3. The second kappa shape index (κ2) is 9.90. The number of aryl methyl sites for hydroxylation is 1. The molecule has 0 unspecified atom stereocenters. The van der Waals surface area contributed by atoms with E-state index >= 15 is 0 Å². The minimum absolute atomic E-state index is 0.868. The maximum atomic E-state index is 5.25. The molecule has 23 heavy (non-hydrogen) atoms. The van der Waals surface area contributed by atoms with Crippen LogP contribution >= 0.6 is 11.3 Å². The first-order valence-corrected chi connectivity index (χ1v) is 8.79. The van der Waals surface area contributed by atoms with E-state index < -0.39 is 0 Å². The van der Waals surface area contributed by atoms with Gasteiger partial charge in [0, 0.05) is 25.0 Å². The fourth-order valence-electron chi connectivity index (χ4n) is 2.31. The molecule has 0 radical (unpaired) electrons. The van der Waals surface area contributed by atoms with E-state index in [0.29, 0.717) is 0 Å². The molecule has 1 aromatic heterocycles. The van der Waals surface area contributed by atoms with Gasteiger partial charge in [-0.1, -0.05) is 18.2 Å². The van der Waals surface area contributed by atoms with Gasteiger partial charge in [-0.3, -0.25) is 4.99 Å². The molecule has 0 saturated carbocycles. The fraction of sp³-hybridized carbons (Fsp3) is 0.389. The monoisotopic (exact) mass is 331 g/mol. The summed E-state index contributed by atoms with van der Waals surface area (Å²) in [7, 11) is 3.51. The van der Waals surface area contributed by atoms with E-state index in [0.717, 1.165) is 44.1 Å². The van der Waals surface area contributed by atoms with Crippen molar-refractivity contribution in [2.24, 2.45) is 4.99 Å². The van der Waals surface area contributed by atoms with Gasteiger partial charge in [0.25, 0.3) is 0 Å². The summed E-state index contributed by atoms with van der Waals surface area (Å²) in [5, 5.41) is 8.82. The maximum Gasteiger partial charge on any atom is 0.190 e. The molecule has 0 amide bonds. The summed E-state index contributed by atoms with van der Waals surface area (Å²) >= 11 is 1.79. The van der Waals surface area contributed by atoms with E-state index in [1.54, 1.807) is 18.4 Å². The van der Waals surface area contributed by atoms with Crippen LogP contribution in [0.4, 0.5) is 0 Å². The van der Waals surface area contributed by atoms with E-state index in [1.807, 2.05) is 19.2 Å². The summed E-state index contributed by atoms with van der Waals surface area (Å²) in [4.78, 5) is 5.65. The summed E-state index contributed by atoms with van der Waals surface area (Å²) in [5.74, 6) is 1.79. The molecule has 2 rings (SSSR count). The zero-order chi connectivity index (χ0) is 16.3. The molecule has 0 aliphatic rings. The number of hydrogen-bond donors (Lipinski definition) is 2. The molecule has 5 heteroatoms. The number of ether oxygens (including phenoxy) is 1. The Bertz CT molecular complexity index is 596. The van der Waals surface area contributed by atoms with Gasteiger partial charge in [0.15, 0.2) is 5.96 Å². The Morgan fingerprint density at radius 3 is 2.74 bits per heavy atom. The van der Waals surface area contributed by atoms with Crippen LogP contribution in [0.2, 0.25) is 0 Å². The Balaban J connectivity index is 1.63. The SMILES string of the molecule is CN=C(NCCCc1cccc(OC)c1)NCCc1cccs1. The number of hydrogen-bond acceptors (Lipinski definition) is 3. The normalized spacial score (nSPS) is 11.3. The maximum absolute atomic E-state index is 5.25. The summed E-state index contributed by atoms with van der Waals surface area (Å²) in [6.45, 7) is 1.80. The van der Waals surface area contributed by atoms with Crippen molar-refractivity contribution in [1.82, 2.24) is 10.6 Å². The quantitative estimate of drug-likeness (QED) is 0.444. The predicted molar refractivity (Wildman–Crippen MR) is 98.7 cm³/mol. The van der Waals surface area contributed by atoms with Crippen molar-refractivity contribution in [2.75, 3.05) is 27.2 Å². The molecule has 0 spiro atoms. The van der Waals surface area contributed by atoms with E-state index in [1.165, 1.54) is 10.4 Å². The van der Waals surface area contributed by atoms with Gasteiger partial charge in [-0.25, -0.2) is 0 Å². The molecule has 124 valence electrons. The Hall–Kier alpha value is -2.01. The largest absolute Gasteiger partial charge is 0.497 e. The first kappa shape index (κ1) is 17.3. The third-order valence-corrected chi connectivity index (χ3v) is 4.47. The van der Waals surface area contributed by atoms with Gasteiger partial charge < -0.3 is 15.4 Å². The van der Waals surface area contributed by atoms with Gasteiger partial charge in [0.1, 0.15) is 5.75 Å². The number of guanidine groups is 1. The minimum Gasteiger partial charge on any atom is -0.497 e. The van der Waals surface area contributed by atoms with Crippen LogP contribution in [0.5, 0.6) is 5.75 Å². The Morgan fingerprint density at radius 1 is 1.13 bits per heavy atom. The molecule has 1 aromatic carbocycles. The fourth-order valence-corrected chi connectivity index (χ4v) is 3.02. The van der Waals surface area contributed by atoms with Crippen molar-refractivity contribution in [2.45, 2.75) is 19.3 Å². The number of nitrogens with one attached hydrogen (secondary N) is 2. The van der Waals surface area contributed by atoms with Crippen molar-refractivity contribution in [3.05, 3.63) is 52.2 Å². The lowest BCUT2D eigenvalue weighted by molar-refractivity contribution is 0.414. The highest BCUT2D eigenvalue weighted by Crippen LogP contribution is 2.13. The Kier molecular flexibility index (Phi) is 7.46. The molecule has 0 saturated heterocycles. The molecule has 1 heterocycles. The first-order valence-electron chi connectivity index (χ1n) is 7.91. The molecule has 4 nitrogen and oxygen atoms in total. The topological polar surface area (TPSA) is 45.7 Å². The van der Waals surface area contributed by atoms with E-state index in [2.05, 4.69) is 45.3 Å². The molecule has 2 N–H and O–H groups in total. The lowest BCUT2D eigenvalue weighted by Crippen LogP contribution is -2.38. The van der Waals surface area contributed by atoms with Gasteiger partial charge in [-0.05, 0) is 48.4 Å². The van der Waals surface area contributed by atoms with Crippen LogP contribution in [0.15, 0.2) is 46.8 Å². The van der Waals surface area contributed by atoms with Gasteiger partial charge in [0.2, 0.25) is 0 Å². The molecular weight excluding hydrogens is 306 g/mol. The van der Waals surface area contributed by atoms with E-state index in [-0.39, 0.29) is 0 Å². The molecular formula is C18H25N3OS. The zero-order valence-corrected chi connectivity index (χ0v) is 14.7. The molecule has 0 aliphatic heterocycles. The van der Waals surface area contributed by atoms with Crippen molar-refractivity contribution in [3.8, 4) is 5.75 Å². The van der Waals surface area contributed by atoms with Gasteiger partial charge in [0.05, 0.1) is 7.11 Å². The number of methoxy groups -OCH3 is 1. The van der Waals surface area contributed by atoms with Crippen LogP contribution < -0.4 is 15.4 Å². The van der Waals surface area contributed by atoms with Crippen molar-refractivity contribution >= 4 is 17.3 Å². The lowest BCUT2D eigenvalue weighted by Gasteiger charge is -2.11. The smallest absolute Gasteiger partial charge is 0.190 e. The highest BCUT2D eigenvalue weighted by atomic mass is 32.1. The summed E-state index contributed by atoms with van der Waals surface area (Å²) in [6.07, 6.45) is 3.11. The highest BCUT2D eigenvalue weighted by molar-refractivity contribution is 7.09. The average Bonchev–Trinajstić information content (AvgIpc) is 3.10. The number of thiophene rings is 1. The Labute approximate surface area is 142 Å². The number of nitrogens with zero attached hydrogens (tertiary/aromatic N) is 1. The van der Waals surface area contributed by atoms with Crippen molar-refractivity contribution < 1.29 is 4.74 Å². The third-order valence-electron chi connectivity index (χ3n) is 3.54. The van der Waals surface area contributed by atoms with Crippen LogP contribution in [-0.4, -0.2) is 33.2 Å². The molecule has 0 fully saturated rings. The average molecular weight is 331 g/mol. The van der Waals surface area contributed by atoms with E-state index in [4.69, 9.17) is 4.74 Å². The summed E-state index contributed by atoms with van der Waals surface area (Å²) < 4.78 is 5.25. The van der Waals surface area contributed by atoms with Gasteiger partial charge >= 0.3 is 0 Å². The molecule has 0 aliphatic carbocycles. The van der Waals surface area contributed by atoms with Crippen LogP contribution in [-0.2, 0) is 12.8 Å². The molecule has 2 aromatic rings. The van der Waals surface area contributed by atoms with Crippen LogP contribution in [0.25, 0.3) is 0 Å². The van der Waals surface area contributed by atoms with E-state index in [9.17, 15) is 0 Å². The number of benzene rings is 1. The zero-order valence-electron chi connectivity index (χ0n) is 13.8. The van der Waals surface area contributed by atoms with Crippen molar-refractivity contribution in [1.29, 1.82) is 0 Å². The second-order valence-corrected chi connectivity index (χ2v) is 6.24. The summed E-state index contributed by atoms with van der Waals surface area (Å²) in [6, 6.07) is 12.5. The number of aliphatic imine (C=N–C) groups is 1. The second-order valence-electron chi connectivity index (χ2n) is 5.21. The van der Waals surface area contributed by atoms with Crippen LogP contribution in [0.1, 0.15) is 16.9 Å².